The first-order valence-electron chi connectivity index (χ1n) is 11.3. The highest BCUT2D eigenvalue weighted by Gasteiger charge is 2.26. The molecule has 3 aliphatic rings. The average Bonchev–Trinajstić information content (AvgIpc) is 3.47. The van der Waals surface area contributed by atoms with Crippen LogP contribution in [0.4, 0.5) is 0 Å². The van der Waals surface area contributed by atoms with Crippen LogP contribution in [0.5, 0.6) is 11.5 Å². The monoisotopic (exact) mass is 443 g/mol. The molecule has 1 saturated heterocycles. The highest BCUT2D eigenvalue weighted by Crippen LogP contribution is 2.35. The predicted octanol–water partition coefficient (Wildman–Crippen LogP) is 3.45. The average molecular weight is 444 g/mol. The summed E-state index contributed by atoms with van der Waals surface area (Å²) in [4.78, 5) is 18.1. The second-order valence-corrected chi connectivity index (χ2v) is 9.04. The molecule has 0 bridgehead atoms. The van der Waals surface area contributed by atoms with Gasteiger partial charge >= 0.3 is 0 Å². The van der Waals surface area contributed by atoms with Gasteiger partial charge in [0.2, 0.25) is 6.79 Å². The summed E-state index contributed by atoms with van der Waals surface area (Å²) in [5.74, 6) is 1.38. The number of thiocarbonyl (C=S) groups is 1. The second kappa shape index (κ2) is 9.04. The van der Waals surface area contributed by atoms with Crippen LogP contribution in [0.15, 0.2) is 23.0 Å². The fourth-order valence-corrected chi connectivity index (χ4v) is 5.11. The lowest BCUT2D eigenvalue weighted by Crippen LogP contribution is -2.48. The molecule has 0 radical (unpaired) electrons. The molecule has 1 aromatic heterocycles. The maximum absolute atomic E-state index is 12.9. The van der Waals surface area contributed by atoms with Gasteiger partial charge in [-0.15, -0.1) is 0 Å². The third-order valence-electron chi connectivity index (χ3n) is 6.54. The maximum atomic E-state index is 12.9. The van der Waals surface area contributed by atoms with Gasteiger partial charge in [-0.05, 0) is 50.0 Å². The van der Waals surface area contributed by atoms with Gasteiger partial charge in [0, 0.05) is 36.2 Å². The Morgan fingerprint density at radius 2 is 1.90 bits per heavy atom. The summed E-state index contributed by atoms with van der Waals surface area (Å²) in [6.07, 6.45) is 8.28. The maximum Gasteiger partial charge on any atom is 0.253 e. The van der Waals surface area contributed by atoms with Crippen LogP contribution in [0, 0.1) is 0 Å². The first-order chi connectivity index (χ1) is 15.2. The van der Waals surface area contributed by atoms with Crippen LogP contribution in [0.3, 0.4) is 0 Å². The van der Waals surface area contributed by atoms with Crippen LogP contribution in [0.2, 0.25) is 0 Å². The van der Waals surface area contributed by atoms with E-state index in [1.165, 1.54) is 19.3 Å². The molecule has 5 rings (SSSR count). The van der Waals surface area contributed by atoms with Gasteiger partial charge in [0.25, 0.3) is 5.56 Å². The third-order valence-corrected chi connectivity index (χ3v) is 6.92. The minimum atomic E-state index is -0.0888. The normalized spacial score (nSPS) is 20.8. The number of rotatable bonds is 5. The van der Waals surface area contributed by atoms with Crippen LogP contribution >= 0.6 is 12.2 Å². The summed E-state index contributed by atoms with van der Waals surface area (Å²) in [7, 11) is 0. The molecule has 2 fully saturated rings. The number of H-pyrrole nitrogens is 1. The van der Waals surface area contributed by atoms with E-state index >= 15 is 0 Å². The number of ether oxygens (including phenoxy) is 3. The van der Waals surface area contributed by atoms with E-state index in [1.54, 1.807) is 0 Å². The van der Waals surface area contributed by atoms with Gasteiger partial charge in [0.15, 0.2) is 16.6 Å². The molecule has 166 valence electrons. The zero-order valence-corrected chi connectivity index (χ0v) is 18.5. The van der Waals surface area contributed by atoms with Crippen molar-refractivity contribution in [3.63, 3.8) is 0 Å². The molecule has 1 aliphatic carbocycles. The van der Waals surface area contributed by atoms with Crippen LogP contribution in [0.25, 0.3) is 10.9 Å². The van der Waals surface area contributed by atoms with E-state index in [4.69, 9.17) is 26.4 Å². The minimum absolute atomic E-state index is 0.0888. The molecular formula is C23H29N3O4S. The Bertz CT molecular complexity index is 1010. The highest BCUT2D eigenvalue weighted by atomic mass is 32.1. The van der Waals surface area contributed by atoms with Crippen molar-refractivity contribution in [2.45, 2.75) is 63.6 Å². The minimum Gasteiger partial charge on any atom is -0.454 e. The van der Waals surface area contributed by atoms with Gasteiger partial charge in [-0.2, -0.15) is 0 Å². The molecule has 1 saturated carbocycles. The zero-order valence-electron chi connectivity index (χ0n) is 17.7. The van der Waals surface area contributed by atoms with Crippen molar-refractivity contribution in [3.05, 3.63) is 34.1 Å². The third kappa shape index (κ3) is 4.50. The molecule has 2 aromatic rings. The van der Waals surface area contributed by atoms with Crippen LogP contribution < -0.4 is 20.3 Å². The summed E-state index contributed by atoms with van der Waals surface area (Å²) in [6.45, 7) is 2.25. The van der Waals surface area contributed by atoms with E-state index in [9.17, 15) is 4.79 Å². The molecule has 3 heterocycles. The standard InChI is InChI=1S/C23H29N3O4S/c27-22-16(9-15-10-20-21(30-14-29-20)11-19(15)25-22)13-26(17-5-2-1-3-6-17)23(31)24-12-18-7-4-8-28-18/h9-11,17-18H,1-8,12-14H2,(H,24,31)(H,25,27). The SMILES string of the molecule is O=c1[nH]c2cc3c(cc2cc1CN(C(=S)NCC1CCCO1)C1CCCCC1)OCO3. The van der Waals surface area contributed by atoms with Crippen molar-refractivity contribution in [2.24, 2.45) is 0 Å². The topological polar surface area (TPSA) is 75.8 Å². The molecule has 2 N–H and O–H groups in total. The Balaban J connectivity index is 1.39. The largest absolute Gasteiger partial charge is 0.454 e. The number of benzene rings is 1. The summed E-state index contributed by atoms with van der Waals surface area (Å²) < 4.78 is 16.7. The van der Waals surface area contributed by atoms with Gasteiger partial charge in [-0.25, -0.2) is 0 Å². The van der Waals surface area contributed by atoms with Gasteiger partial charge in [-0.3, -0.25) is 4.79 Å². The van der Waals surface area contributed by atoms with Gasteiger partial charge in [0.05, 0.1) is 18.2 Å². The van der Waals surface area contributed by atoms with Crippen molar-refractivity contribution >= 4 is 28.2 Å². The molecule has 1 aromatic carbocycles. The zero-order chi connectivity index (χ0) is 21.2. The summed E-state index contributed by atoms with van der Waals surface area (Å²) in [6, 6.07) is 6.06. The van der Waals surface area contributed by atoms with Crippen molar-refractivity contribution in [1.82, 2.24) is 15.2 Å². The Hall–Kier alpha value is -2.32. The number of nitrogens with one attached hydrogen (secondary N) is 2. The molecule has 7 nitrogen and oxygen atoms in total. The fraction of sp³-hybridized carbons (Fsp3) is 0.565. The van der Waals surface area contributed by atoms with E-state index in [-0.39, 0.29) is 18.5 Å². The Kier molecular flexibility index (Phi) is 6.00. The quantitative estimate of drug-likeness (QED) is 0.686. The number of aromatic amines is 1. The summed E-state index contributed by atoms with van der Waals surface area (Å²) in [5.41, 5.74) is 1.37. The van der Waals surface area contributed by atoms with Gasteiger partial charge < -0.3 is 29.4 Å². The number of aromatic nitrogens is 1. The van der Waals surface area contributed by atoms with E-state index in [1.807, 2.05) is 18.2 Å². The van der Waals surface area contributed by atoms with Crippen LogP contribution in [-0.4, -0.2) is 47.1 Å². The number of hydrogen-bond acceptors (Lipinski definition) is 5. The molecule has 2 aliphatic heterocycles. The van der Waals surface area contributed by atoms with E-state index < -0.39 is 0 Å². The molecule has 0 amide bonds. The number of fused-ring (bicyclic) bond motifs is 2. The lowest BCUT2D eigenvalue weighted by Gasteiger charge is -2.36. The lowest BCUT2D eigenvalue weighted by molar-refractivity contribution is 0.112. The van der Waals surface area contributed by atoms with E-state index in [0.29, 0.717) is 34.8 Å². The lowest BCUT2D eigenvalue weighted by atomic mass is 9.94. The molecule has 0 spiro atoms. The Morgan fingerprint density at radius 3 is 2.68 bits per heavy atom. The Morgan fingerprint density at radius 1 is 1.10 bits per heavy atom. The number of hydrogen-bond donors (Lipinski definition) is 2. The molecule has 1 unspecified atom stereocenters. The van der Waals surface area contributed by atoms with Crippen molar-refractivity contribution in [2.75, 3.05) is 19.9 Å². The first-order valence-corrected chi connectivity index (χ1v) is 11.7. The second-order valence-electron chi connectivity index (χ2n) is 8.66. The molecular weight excluding hydrogens is 414 g/mol. The molecule has 1 atom stereocenters. The molecule has 31 heavy (non-hydrogen) atoms. The van der Waals surface area contributed by atoms with Crippen molar-refractivity contribution in [1.29, 1.82) is 0 Å². The first kappa shape index (κ1) is 20.6. The summed E-state index contributed by atoms with van der Waals surface area (Å²) >= 11 is 5.80. The predicted molar refractivity (Wildman–Crippen MR) is 123 cm³/mol. The summed E-state index contributed by atoms with van der Waals surface area (Å²) in [5, 5.41) is 5.06. The smallest absolute Gasteiger partial charge is 0.253 e. The highest BCUT2D eigenvalue weighted by molar-refractivity contribution is 7.80. The van der Waals surface area contributed by atoms with E-state index in [0.717, 1.165) is 49.7 Å². The Labute approximate surface area is 187 Å². The fourth-order valence-electron chi connectivity index (χ4n) is 4.81. The van der Waals surface area contributed by atoms with E-state index in [2.05, 4.69) is 15.2 Å². The van der Waals surface area contributed by atoms with Crippen LogP contribution in [0.1, 0.15) is 50.5 Å². The number of pyridine rings is 1. The van der Waals surface area contributed by atoms with Crippen molar-refractivity contribution < 1.29 is 14.2 Å². The molecule has 8 heteroatoms. The van der Waals surface area contributed by atoms with Gasteiger partial charge in [-0.1, -0.05) is 19.3 Å². The van der Waals surface area contributed by atoms with Crippen molar-refractivity contribution in [3.8, 4) is 11.5 Å². The van der Waals surface area contributed by atoms with Crippen LogP contribution in [-0.2, 0) is 11.3 Å². The van der Waals surface area contributed by atoms with Gasteiger partial charge in [0.1, 0.15) is 0 Å². The number of nitrogens with zero attached hydrogens (tertiary/aromatic N) is 1.